The van der Waals surface area contributed by atoms with Gasteiger partial charge in [-0.3, -0.25) is 4.98 Å². The number of aromatic nitrogens is 2. The number of rotatable bonds is 7. The van der Waals surface area contributed by atoms with Crippen molar-refractivity contribution in [3.63, 3.8) is 0 Å². The van der Waals surface area contributed by atoms with E-state index in [1.165, 1.54) is 16.5 Å². The number of fused-ring (bicyclic) bond motifs is 2. The van der Waals surface area contributed by atoms with E-state index in [2.05, 4.69) is 51.8 Å². The fraction of sp³-hybridized carbons (Fsp3) is 0.296. The number of benzene rings is 2. The lowest BCUT2D eigenvalue weighted by Gasteiger charge is -2.14. The molecule has 33 heavy (non-hydrogen) atoms. The SMILES string of the molecule is Cc1cc(Nc2ccnc3c2CCC3O)ccc1NCCc1c[nH]c2c(C(C)O)cccc12. The molecule has 0 saturated heterocycles. The molecule has 0 spiro atoms. The molecule has 2 aromatic heterocycles. The lowest BCUT2D eigenvalue weighted by Crippen LogP contribution is -2.06. The molecule has 0 aliphatic heterocycles. The van der Waals surface area contributed by atoms with Gasteiger partial charge in [0, 0.05) is 47.0 Å². The van der Waals surface area contributed by atoms with Crippen molar-refractivity contribution in [2.75, 3.05) is 17.2 Å². The summed E-state index contributed by atoms with van der Waals surface area (Å²) >= 11 is 0. The minimum atomic E-state index is -0.494. The largest absolute Gasteiger partial charge is 0.389 e. The number of nitrogens with zero attached hydrogens (tertiary/aromatic N) is 1. The van der Waals surface area contributed by atoms with E-state index in [1.807, 2.05) is 24.4 Å². The Labute approximate surface area is 193 Å². The Morgan fingerprint density at radius 1 is 1.18 bits per heavy atom. The number of aliphatic hydroxyl groups is 2. The second-order valence-electron chi connectivity index (χ2n) is 8.87. The van der Waals surface area contributed by atoms with Gasteiger partial charge in [0.05, 0.1) is 23.4 Å². The lowest BCUT2D eigenvalue weighted by atomic mass is 10.0. The van der Waals surface area contributed by atoms with Crippen LogP contribution in [0.4, 0.5) is 17.1 Å². The number of hydrogen-bond donors (Lipinski definition) is 5. The van der Waals surface area contributed by atoms with E-state index >= 15 is 0 Å². The molecule has 1 aliphatic carbocycles. The monoisotopic (exact) mass is 442 g/mol. The maximum absolute atomic E-state index is 10.1. The predicted molar refractivity (Wildman–Crippen MR) is 133 cm³/mol. The number of aromatic amines is 1. The number of H-pyrrole nitrogens is 1. The van der Waals surface area contributed by atoms with Crippen molar-refractivity contribution in [3.8, 4) is 0 Å². The molecule has 6 heteroatoms. The van der Waals surface area contributed by atoms with Crippen molar-refractivity contribution in [1.29, 1.82) is 0 Å². The molecule has 6 nitrogen and oxygen atoms in total. The Bertz CT molecular complexity index is 1290. The highest BCUT2D eigenvalue weighted by molar-refractivity contribution is 5.86. The highest BCUT2D eigenvalue weighted by Crippen LogP contribution is 2.35. The molecule has 0 fully saturated rings. The fourth-order valence-electron chi connectivity index (χ4n) is 4.81. The van der Waals surface area contributed by atoms with Gasteiger partial charge in [0.15, 0.2) is 0 Å². The highest BCUT2D eigenvalue weighted by Gasteiger charge is 2.24. The summed E-state index contributed by atoms with van der Waals surface area (Å²) in [7, 11) is 0. The number of anilines is 3. The smallest absolute Gasteiger partial charge is 0.0966 e. The fourth-order valence-corrected chi connectivity index (χ4v) is 4.81. The molecule has 4 aromatic rings. The average molecular weight is 443 g/mol. The van der Waals surface area contributed by atoms with Gasteiger partial charge in [-0.1, -0.05) is 18.2 Å². The van der Waals surface area contributed by atoms with Gasteiger partial charge in [0.1, 0.15) is 0 Å². The van der Waals surface area contributed by atoms with Crippen molar-refractivity contribution < 1.29 is 10.2 Å². The van der Waals surface area contributed by atoms with Crippen molar-refractivity contribution in [2.45, 2.75) is 45.3 Å². The first kappa shape index (κ1) is 21.5. The predicted octanol–water partition coefficient (Wildman–Crippen LogP) is 5.30. The van der Waals surface area contributed by atoms with Gasteiger partial charge < -0.3 is 25.8 Å². The van der Waals surface area contributed by atoms with Gasteiger partial charge in [-0.25, -0.2) is 0 Å². The van der Waals surface area contributed by atoms with Gasteiger partial charge in [0.2, 0.25) is 0 Å². The molecule has 5 rings (SSSR count). The molecule has 2 aromatic carbocycles. The van der Waals surface area contributed by atoms with Crippen LogP contribution in [0.25, 0.3) is 10.9 Å². The first-order chi connectivity index (χ1) is 16.0. The summed E-state index contributed by atoms with van der Waals surface area (Å²) in [5, 5.41) is 28.3. The van der Waals surface area contributed by atoms with Crippen LogP contribution in [0.5, 0.6) is 0 Å². The van der Waals surface area contributed by atoms with Gasteiger partial charge in [-0.2, -0.15) is 0 Å². The maximum Gasteiger partial charge on any atom is 0.0966 e. The molecule has 0 radical (unpaired) electrons. The van der Waals surface area contributed by atoms with E-state index in [9.17, 15) is 10.2 Å². The van der Waals surface area contributed by atoms with E-state index in [1.54, 1.807) is 13.1 Å². The maximum atomic E-state index is 10.1. The Hall–Kier alpha value is -3.35. The summed E-state index contributed by atoms with van der Waals surface area (Å²) in [5.74, 6) is 0. The van der Waals surface area contributed by atoms with Crippen LogP contribution in [-0.2, 0) is 12.8 Å². The normalized spacial score (nSPS) is 16.1. The van der Waals surface area contributed by atoms with Crippen LogP contribution in [0, 0.1) is 6.92 Å². The topological polar surface area (TPSA) is 93.2 Å². The van der Waals surface area contributed by atoms with E-state index in [-0.39, 0.29) is 0 Å². The zero-order valence-electron chi connectivity index (χ0n) is 19.0. The van der Waals surface area contributed by atoms with Crippen LogP contribution in [0.15, 0.2) is 54.9 Å². The lowest BCUT2D eigenvalue weighted by molar-refractivity contribution is 0.176. The molecule has 0 saturated carbocycles. The van der Waals surface area contributed by atoms with E-state index in [0.717, 1.165) is 65.2 Å². The zero-order chi connectivity index (χ0) is 22.9. The number of aliphatic hydroxyl groups excluding tert-OH is 2. The van der Waals surface area contributed by atoms with Crippen molar-refractivity contribution in [1.82, 2.24) is 9.97 Å². The third kappa shape index (κ3) is 4.19. The summed E-state index contributed by atoms with van der Waals surface area (Å²) < 4.78 is 0. The Morgan fingerprint density at radius 2 is 2.06 bits per heavy atom. The van der Waals surface area contributed by atoms with Crippen molar-refractivity contribution >= 4 is 28.0 Å². The first-order valence-electron chi connectivity index (χ1n) is 11.6. The van der Waals surface area contributed by atoms with Gasteiger partial charge in [-0.05, 0) is 74.1 Å². The van der Waals surface area contributed by atoms with Crippen LogP contribution in [0.3, 0.4) is 0 Å². The second-order valence-corrected chi connectivity index (χ2v) is 8.87. The third-order valence-corrected chi connectivity index (χ3v) is 6.57. The first-order valence-corrected chi connectivity index (χ1v) is 11.6. The third-order valence-electron chi connectivity index (χ3n) is 6.57. The molecule has 5 N–H and O–H groups in total. The van der Waals surface area contributed by atoms with Crippen LogP contribution in [-0.4, -0.2) is 26.7 Å². The molecule has 0 amide bonds. The molecular weight excluding hydrogens is 412 g/mol. The molecule has 170 valence electrons. The summed E-state index contributed by atoms with van der Waals surface area (Å²) in [6.07, 6.45) is 5.32. The van der Waals surface area contributed by atoms with E-state index in [4.69, 9.17) is 0 Å². The number of nitrogens with one attached hydrogen (secondary N) is 3. The summed E-state index contributed by atoms with van der Waals surface area (Å²) in [6, 6.07) is 14.4. The van der Waals surface area contributed by atoms with Crippen LogP contribution < -0.4 is 10.6 Å². The quantitative estimate of drug-likeness (QED) is 0.268. The van der Waals surface area contributed by atoms with Crippen LogP contribution in [0.2, 0.25) is 0 Å². The summed E-state index contributed by atoms with van der Waals surface area (Å²) in [6.45, 7) is 4.72. The van der Waals surface area contributed by atoms with Crippen LogP contribution >= 0.6 is 0 Å². The number of hydrogen-bond acceptors (Lipinski definition) is 5. The average Bonchev–Trinajstić information content (AvgIpc) is 3.39. The van der Waals surface area contributed by atoms with Gasteiger partial charge in [0.25, 0.3) is 0 Å². The van der Waals surface area contributed by atoms with Gasteiger partial charge in [-0.15, -0.1) is 0 Å². The molecule has 2 atom stereocenters. The molecule has 1 aliphatic rings. The molecule has 0 bridgehead atoms. The number of aryl methyl sites for hydroxylation is 1. The zero-order valence-corrected chi connectivity index (χ0v) is 19.0. The summed E-state index contributed by atoms with van der Waals surface area (Å²) in [4.78, 5) is 7.68. The standard InChI is InChI=1S/C27H30N4O2/c1-16-14-19(31-24-11-13-29-27-22(24)7-9-25(27)33)6-8-23(16)28-12-10-18-15-30-26-20(17(2)32)4-3-5-21(18)26/h3-6,8,11,13-15,17,25,28,30,32-33H,7,9-10,12H2,1-2H3,(H,29,31). The van der Waals surface area contributed by atoms with E-state index in [0.29, 0.717) is 0 Å². The highest BCUT2D eigenvalue weighted by atomic mass is 16.3. The Kier molecular flexibility index (Phi) is 5.79. The molecular formula is C27H30N4O2. The number of para-hydroxylation sites is 1. The van der Waals surface area contributed by atoms with Crippen LogP contribution in [0.1, 0.15) is 53.5 Å². The molecule has 2 unspecified atom stereocenters. The van der Waals surface area contributed by atoms with Gasteiger partial charge >= 0.3 is 0 Å². The minimum absolute atomic E-state index is 0.453. The molecule has 2 heterocycles. The van der Waals surface area contributed by atoms with Crippen molar-refractivity contribution in [2.24, 2.45) is 0 Å². The Balaban J connectivity index is 1.25. The summed E-state index contributed by atoms with van der Waals surface area (Å²) in [5.41, 5.74) is 9.42. The minimum Gasteiger partial charge on any atom is -0.389 e. The van der Waals surface area contributed by atoms with Crippen molar-refractivity contribution in [3.05, 3.63) is 82.8 Å². The Morgan fingerprint density at radius 3 is 2.88 bits per heavy atom. The second kappa shape index (κ2) is 8.89. The number of pyridine rings is 1. The van der Waals surface area contributed by atoms with E-state index < -0.39 is 12.2 Å².